The van der Waals surface area contributed by atoms with E-state index in [2.05, 4.69) is 10.3 Å². The van der Waals surface area contributed by atoms with E-state index >= 15 is 0 Å². The molecule has 2 bridgehead atoms. The molecule has 3 saturated heterocycles. The number of hydrogen-bond acceptors (Lipinski definition) is 12. The van der Waals surface area contributed by atoms with Crippen molar-refractivity contribution in [1.82, 2.24) is 15.2 Å². The van der Waals surface area contributed by atoms with E-state index in [-0.39, 0.29) is 43.1 Å². The second kappa shape index (κ2) is 16.5. The number of pyridine rings is 1. The molecule has 3 fully saturated rings. The number of nitrogens with zero attached hydrogens (tertiary/aromatic N) is 2. The molecule has 50 heavy (non-hydrogen) atoms. The van der Waals surface area contributed by atoms with E-state index in [0.29, 0.717) is 19.3 Å². The van der Waals surface area contributed by atoms with Crippen LogP contribution >= 0.6 is 0 Å². The average molecular weight is 707 g/mol. The van der Waals surface area contributed by atoms with Gasteiger partial charge in [0.1, 0.15) is 23.9 Å². The third kappa shape index (κ3) is 8.79. The Morgan fingerprint density at radius 1 is 1.14 bits per heavy atom. The molecule has 1 amide bonds. The highest BCUT2D eigenvalue weighted by Crippen LogP contribution is 2.45. The molecule has 284 valence electrons. The van der Waals surface area contributed by atoms with Gasteiger partial charge in [-0.25, -0.2) is 4.79 Å². The van der Waals surface area contributed by atoms with Crippen LogP contribution in [0.25, 0.3) is 0 Å². The highest BCUT2D eigenvalue weighted by atomic mass is 16.7. The molecule has 1 aromatic rings. The summed E-state index contributed by atoms with van der Waals surface area (Å²) in [6.07, 6.45) is -1.10. The molecule has 13 heteroatoms. The van der Waals surface area contributed by atoms with Gasteiger partial charge in [-0.3, -0.25) is 9.78 Å². The Morgan fingerprint density at radius 2 is 1.80 bits per heavy atom. The number of ether oxygens (including phenoxy) is 5. The van der Waals surface area contributed by atoms with Gasteiger partial charge >= 0.3 is 12.1 Å². The fourth-order valence-corrected chi connectivity index (χ4v) is 8.50. The Kier molecular flexibility index (Phi) is 13.3. The molecule has 0 aliphatic carbocycles. The van der Waals surface area contributed by atoms with Crippen LogP contribution in [0.3, 0.4) is 0 Å². The second-order valence-corrected chi connectivity index (χ2v) is 15.7. The smallest absolute Gasteiger partial charge is 0.407 e. The molecule has 5 N–H and O–H groups in total. The zero-order valence-corrected chi connectivity index (χ0v) is 31.6. The van der Waals surface area contributed by atoms with Crippen LogP contribution in [-0.2, 0) is 34.9 Å². The molecule has 1 aromatic heterocycles. The quantitative estimate of drug-likeness (QED) is 0.292. The summed E-state index contributed by atoms with van der Waals surface area (Å²) < 4.78 is 31.8. The van der Waals surface area contributed by atoms with Crippen molar-refractivity contribution < 1.29 is 43.5 Å². The Hall–Kier alpha value is -2.39. The van der Waals surface area contributed by atoms with Crippen molar-refractivity contribution in [3.8, 4) is 0 Å². The Bertz CT molecular complexity index is 1270. The maximum absolute atomic E-state index is 14.1. The zero-order valence-electron chi connectivity index (χ0n) is 31.6. The van der Waals surface area contributed by atoms with Crippen LogP contribution in [0, 0.1) is 23.7 Å². The standard InChI is InChI=1S/C37H62N4O9/c1-11-27-37(8)31(38)22(4)29(50-37)20(2)19-36(7,45)32(49-34-28(42)26(41(9)10)18-21(3)46-34)23(5)30(24(6)33(43)47-27)48-35(44)40-17-14-25-12-15-39-16-13-25/h12-13,15-16,20-24,26-32,34,42,45H,11,14,17-19,38H2,1-10H3,(H,40,44)/t20-,21-,22-,23+,24-,26+,27+,28-,29-,30+,31+,32-,34?,36-,37?/m1/s1. The van der Waals surface area contributed by atoms with Gasteiger partial charge in [-0.05, 0) is 91.1 Å². The van der Waals surface area contributed by atoms with E-state index < -0.39 is 71.8 Å². The first-order valence-electron chi connectivity index (χ1n) is 18.3. The first kappa shape index (κ1) is 40.4. The van der Waals surface area contributed by atoms with Crippen molar-refractivity contribution in [2.24, 2.45) is 29.4 Å². The van der Waals surface area contributed by atoms with Gasteiger partial charge in [0.15, 0.2) is 6.29 Å². The van der Waals surface area contributed by atoms with E-state index in [1.165, 1.54) is 0 Å². The van der Waals surface area contributed by atoms with Gasteiger partial charge in [0, 0.05) is 42.9 Å². The van der Waals surface area contributed by atoms with Gasteiger partial charge in [0.2, 0.25) is 0 Å². The summed E-state index contributed by atoms with van der Waals surface area (Å²) in [5.74, 6) is -2.66. The molecule has 3 aliphatic heterocycles. The molecule has 2 unspecified atom stereocenters. The predicted octanol–water partition coefficient (Wildman–Crippen LogP) is 3.04. The van der Waals surface area contributed by atoms with Crippen molar-refractivity contribution >= 4 is 12.1 Å². The van der Waals surface area contributed by atoms with Crippen molar-refractivity contribution in [2.45, 2.75) is 147 Å². The number of aliphatic hydroxyl groups is 2. The number of amides is 1. The van der Waals surface area contributed by atoms with E-state index in [1.807, 2.05) is 65.7 Å². The molecule has 0 spiro atoms. The number of nitrogens with two attached hydrogens (primary N) is 1. The van der Waals surface area contributed by atoms with Gasteiger partial charge in [-0.2, -0.15) is 0 Å². The van der Waals surface area contributed by atoms with Gasteiger partial charge in [-0.15, -0.1) is 0 Å². The lowest BCUT2D eigenvalue weighted by Gasteiger charge is -2.47. The Morgan fingerprint density at radius 3 is 2.42 bits per heavy atom. The van der Waals surface area contributed by atoms with Crippen molar-refractivity contribution in [3.63, 3.8) is 0 Å². The molecular weight excluding hydrogens is 644 g/mol. The number of rotatable bonds is 8. The third-order valence-electron chi connectivity index (χ3n) is 11.4. The Balaban J connectivity index is 1.72. The molecule has 4 rings (SSSR count). The SMILES string of the molecule is CC[C@@H]1OC(=O)[C@H](C)[C@@H](OC(=O)NCCc2ccncc2)[C@H](C)[C@@H](OC2O[C@H](C)C[C@H](N(C)C)[C@H]2O)[C@](C)(O)C[C@@H](C)[C@H]2OC1(C)[C@@H](N)[C@@H]2C. The molecule has 0 radical (unpaired) electrons. The molecule has 13 nitrogen and oxygen atoms in total. The first-order chi connectivity index (χ1) is 23.4. The highest BCUT2D eigenvalue weighted by Gasteiger charge is 2.57. The molecule has 0 aromatic carbocycles. The summed E-state index contributed by atoms with van der Waals surface area (Å²) in [5, 5.41) is 26.7. The number of alkyl carbamates (subject to hydrolysis) is 1. The van der Waals surface area contributed by atoms with Crippen LogP contribution in [0.5, 0.6) is 0 Å². The van der Waals surface area contributed by atoms with Crippen molar-refractivity contribution in [2.75, 3.05) is 20.6 Å². The van der Waals surface area contributed by atoms with Gasteiger partial charge in [0.05, 0.1) is 29.8 Å². The largest absolute Gasteiger partial charge is 0.459 e. The molecule has 0 saturated carbocycles. The zero-order chi connectivity index (χ0) is 37.1. The minimum atomic E-state index is -1.57. The molecule has 3 aliphatic rings. The number of aliphatic hydroxyl groups excluding tert-OH is 1. The lowest BCUT2D eigenvalue weighted by molar-refractivity contribution is -0.299. The van der Waals surface area contributed by atoms with Crippen LogP contribution in [-0.4, -0.2) is 119 Å². The maximum Gasteiger partial charge on any atom is 0.407 e. The summed E-state index contributed by atoms with van der Waals surface area (Å²) in [4.78, 5) is 33.4. The fraction of sp³-hybridized carbons (Fsp3) is 0.811. The normalized spacial score (nSPS) is 42.9. The Labute approximate surface area is 297 Å². The van der Waals surface area contributed by atoms with Crippen LogP contribution in [0.2, 0.25) is 0 Å². The lowest BCUT2D eigenvalue weighted by atomic mass is 9.75. The summed E-state index contributed by atoms with van der Waals surface area (Å²) in [6.45, 7) is 15.1. The van der Waals surface area contributed by atoms with Crippen LogP contribution in [0.4, 0.5) is 4.79 Å². The number of carbonyl (C=O) groups excluding carboxylic acids is 2. The van der Waals surface area contributed by atoms with E-state index in [4.69, 9.17) is 29.4 Å². The van der Waals surface area contributed by atoms with Crippen LogP contribution in [0.1, 0.15) is 80.2 Å². The number of aromatic nitrogens is 1. The molecule has 15 atom stereocenters. The topological polar surface area (TPSA) is 175 Å². The van der Waals surface area contributed by atoms with Crippen LogP contribution in [0.15, 0.2) is 24.5 Å². The van der Waals surface area contributed by atoms with E-state index in [0.717, 1.165) is 5.56 Å². The monoisotopic (exact) mass is 706 g/mol. The second-order valence-electron chi connectivity index (χ2n) is 15.7. The number of likely N-dealkylation sites (N-methyl/N-ethyl adjacent to an activating group) is 1. The minimum absolute atomic E-state index is 0.104. The summed E-state index contributed by atoms with van der Waals surface area (Å²) >= 11 is 0. The number of fused-ring (bicyclic) bond motifs is 2. The van der Waals surface area contributed by atoms with E-state index in [1.54, 1.807) is 33.2 Å². The minimum Gasteiger partial charge on any atom is -0.459 e. The van der Waals surface area contributed by atoms with Crippen molar-refractivity contribution in [3.05, 3.63) is 30.1 Å². The molecule has 4 heterocycles. The number of cyclic esters (lactones) is 1. The van der Waals surface area contributed by atoms with Gasteiger partial charge in [-0.1, -0.05) is 27.7 Å². The van der Waals surface area contributed by atoms with Crippen molar-refractivity contribution in [1.29, 1.82) is 0 Å². The lowest BCUT2D eigenvalue weighted by Crippen LogP contribution is -2.59. The highest BCUT2D eigenvalue weighted by molar-refractivity contribution is 5.74. The summed E-state index contributed by atoms with van der Waals surface area (Å²) in [5.41, 5.74) is 5.25. The number of hydrogen-bond donors (Lipinski definition) is 4. The van der Waals surface area contributed by atoms with Crippen LogP contribution < -0.4 is 11.1 Å². The third-order valence-corrected chi connectivity index (χ3v) is 11.4. The number of nitrogens with one attached hydrogen (secondary N) is 1. The average Bonchev–Trinajstić information content (AvgIpc) is 3.30. The predicted molar refractivity (Wildman–Crippen MR) is 187 cm³/mol. The maximum atomic E-state index is 14.1. The van der Waals surface area contributed by atoms with Gasteiger partial charge < -0.3 is 49.8 Å². The number of carbonyl (C=O) groups is 2. The fourth-order valence-electron chi connectivity index (χ4n) is 8.50. The molecular formula is C37H62N4O9. The van der Waals surface area contributed by atoms with E-state index in [9.17, 15) is 19.8 Å². The first-order valence-corrected chi connectivity index (χ1v) is 18.3. The van der Waals surface area contributed by atoms with Gasteiger partial charge in [0.25, 0.3) is 0 Å². The summed E-state index contributed by atoms with van der Waals surface area (Å²) in [7, 11) is 3.77. The summed E-state index contributed by atoms with van der Waals surface area (Å²) in [6, 6.07) is 3.02. The number of esters is 1.